The molecule has 1 atom stereocenters. The number of nitrogens with zero attached hydrogens (tertiary/aromatic N) is 3. The summed E-state index contributed by atoms with van der Waals surface area (Å²) in [7, 11) is -1.78. The van der Waals surface area contributed by atoms with E-state index >= 15 is 0 Å². The van der Waals surface area contributed by atoms with Gasteiger partial charge in [0.1, 0.15) is 6.04 Å². The zero-order valence-electron chi connectivity index (χ0n) is 22.0. The Balaban J connectivity index is 1.52. The highest BCUT2D eigenvalue weighted by molar-refractivity contribution is 7.91. The first-order valence-electron chi connectivity index (χ1n) is 12.9. The predicted molar refractivity (Wildman–Crippen MR) is 141 cm³/mol. The minimum atomic E-state index is -4.28. The van der Waals surface area contributed by atoms with Crippen LogP contribution in [0.2, 0.25) is 0 Å². The number of hydrogen-bond acceptors (Lipinski definition) is 6. The van der Waals surface area contributed by atoms with Gasteiger partial charge in [0, 0.05) is 48.6 Å². The number of aromatic nitrogens is 2. The molecule has 12 heteroatoms. The molecule has 0 saturated carbocycles. The van der Waals surface area contributed by atoms with Crippen molar-refractivity contribution >= 4 is 26.6 Å². The maximum Gasteiger partial charge on any atom is 0.404 e. The summed E-state index contributed by atoms with van der Waals surface area (Å²) in [6, 6.07) is 8.60. The SMILES string of the molecule is CCS(=O)(=O)c1ccc(CNC(=O)c2ccc3c(c2)cc(CN2CCCCC2C(F)(F)F)n3CCOC)nc1. The van der Waals surface area contributed by atoms with Crippen LogP contribution in [0.1, 0.15) is 47.9 Å². The van der Waals surface area contributed by atoms with Gasteiger partial charge in [-0.25, -0.2) is 8.42 Å². The number of carbonyl (C=O) groups excluding carboxylic acids is 1. The molecule has 0 bridgehead atoms. The molecule has 1 saturated heterocycles. The predicted octanol–water partition coefficient (Wildman–Crippen LogP) is 4.32. The molecule has 1 aromatic carbocycles. The minimum absolute atomic E-state index is 0.0247. The molecule has 1 unspecified atom stereocenters. The Morgan fingerprint density at radius 1 is 1.18 bits per heavy atom. The van der Waals surface area contributed by atoms with E-state index in [-0.39, 0.29) is 36.1 Å². The molecule has 212 valence electrons. The molecule has 2 aromatic heterocycles. The number of alkyl halides is 3. The lowest BCUT2D eigenvalue weighted by Gasteiger charge is -2.36. The summed E-state index contributed by atoms with van der Waals surface area (Å²) < 4.78 is 72.2. The molecule has 4 rings (SSSR count). The van der Waals surface area contributed by atoms with Gasteiger partial charge in [-0.1, -0.05) is 13.3 Å². The molecule has 1 aliphatic heterocycles. The number of nitrogens with one attached hydrogen (secondary N) is 1. The second-order valence-electron chi connectivity index (χ2n) is 9.65. The molecule has 8 nitrogen and oxygen atoms in total. The summed E-state index contributed by atoms with van der Waals surface area (Å²) in [4.78, 5) is 18.6. The van der Waals surface area contributed by atoms with Crippen LogP contribution < -0.4 is 5.32 Å². The van der Waals surface area contributed by atoms with Gasteiger partial charge in [0.2, 0.25) is 0 Å². The van der Waals surface area contributed by atoms with Crippen LogP contribution in [-0.2, 0) is 34.2 Å². The van der Waals surface area contributed by atoms with Crippen molar-refractivity contribution in [3.05, 3.63) is 59.5 Å². The van der Waals surface area contributed by atoms with Crippen molar-refractivity contribution in [3.8, 4) is 0 Å². The molecule has 3 aromatic rings. The first kappa shape index (κ1) is 29.0. The van der Waals surface area contributed by atoms with Gasteiger partial charge >= 0.3 is 6.18 Å². The molecule has 0 spiro atoms. The van der Waals surface area contributed by atoms with Crippen LogP contribution in [0.5, 0.6) is 0 Å². The molecule has 0 radical (unpaired) electrons. The van der Waals surface area contributed by atoms with Gasteiger partial charge in [-0.3, -0.25) is 14.7 Å². The highest BCUT2D eigenvalue weighted by Gasteiger charge is 2.44. The van der Waals surface area contributed by atoms with Gasteiger partial charge in [0.25, 0.3) is 5.91 Å². The summed E-state index contributed by atoms with van der Waals surface area (Å²) in [6.45, 7) is 3.07. The Morgan fingerprint density at radius 3 is 2.64 bits per heavy atom. The lowest BCUT2D eigenvalue weighted by Crippen LogP contribution is -2.48. The third kappa shape index (κ3) is 6.79. The van der Waals surface area contributed by atoms with E-state index in [4.69, 9.17) is 4.74 Å². The number of hydrogen-bond donors (Lipinski definition) is 1. The van der Waals surface area contributed by atoms with E-state index in [1.807, 2.05) is 10.6 Å². The topological polar surface area (TPSA) is 93.5 Å². The van der Waals surface area contributed by atoms with Crippen LogP contribution in [0, 0.1) is 0 Å². The van der Waals surface area contributed by atoms with E-state index < -0.39 is 22.1 Å². The van der Waals surface area contributed by atoms with Crippen molar-refractivity contribution in [2.45, 2.75) is 62.9 Å². The molecular formula is C27H33F3N4O4S. The van der Waals surface area contributed by atoms with Gasteiger partial charge in [-0.15, -0.1) is 0 Å². The summed E-state index contributed by atoms with van der Waals surface area (Å²) in [5.41, 5.74) is 2.46. The maximum absolute atomic E-state index is 13.7. The largest absolute Gasteiger partial charge is 0.404 e. The van der Waals surface area contributed by atoms with E-state index in [9.17, 15) is 26.4 Å². The number of benzene rings is 1. The normalized spacial score (nSPS) is 17.0. The fraction of sp³-hybridized carbons (Fsp3) is 0.481. The zero-order valence-corrected chi connectivity index (χ0v) is 22.8. The Morgan fingerprint density at radius 2 is 1.97 bits per heavy atom. The van der Waals surface area contributed by atoms with Gasteiger partial charge < -0.3 is 14.6 Å². The number of likely N-dealkylation sites (tertiary alicyclic amines) is 1. The highest BCUT2D eigenvalue weighted by atomic mass is 32.2. The van der Waals surface area contributed by atoms with E-state index in [1.54, 1.807) is 38.3 Å². The highest BCUT2D eigenvalue weighted by Crippen LogP contribution is 2.33. The molecule has 0 aliphatic carbocycles. The van der Waals surface area contributed by atoms with Crippen LogP contribution in [0.3, 0.4) is 0 Å². The second kappa shape index (κ2) is 12.1. The number of fused-ring (bicyclic) bond motifs is 1. The number of sulfone groups is 1. The Labute approximate surface area is 226 Å². The maximum atomic E-state index is 13.7. The van der Waals surface area contributed by atoms with Crippen molar-refractivity contribution < 1.29 is 31.1 Å². The van der Waals surface area contributed by atoms with Crippen molar-refractivity contribution in [1.29, 1.82) is 0 Å². The molecule has 39 heavy (non-hydrogen) atoms. The van der Waals surface area contributed by atoms with Gasteiger partial charge in [-0.05, 0) is 55.8 Å². The third-order valence-corrected chi connectivity index (χ3v) is 8.81. The lowest BCUT2D eigenvalue weighted by atomic mass is 10.0. The number of carbonyl (C=O) groups is 1. The van der Waals surface area contributed by atoms with E-state index in [0.717, 1.165) is 23.0 Å². The van der Waals surface area contributed by atoms with Crippen LogP contribution in [0.15, 0.2) is 47.5 Å². The first-order chi connectivity index (χ1) is 18.5. The van der Waals surface area contributed by atoms with Crippen LogP contribution >= 0.6 is 0 Å². The number of piperidine rings is 1. The van der Waals surface area contributed by atoms with E-state index in [2.05, 4.69) is 10.3 Å². The molecule has 1 N–H and O–H groups in total. The summed E-state index contributed by atoms with van der Waals surface area (Å²) in [5, 5.41) is 3.54. The molecule has 3 heterocycles. The monoisotopic (exact) mass is 566 g/mol. The van der Waals surface area contributed by atoms with Gasteiger partial charge in [0.05, 0.1) is 29.5 Å². The molecule has 1 fully saturated rings. The summed E-state index contributed by atoms with van der Waals surface area (Å²) in [6.07, 6.45) is -1.63. The third-order valence-electron chi connectivity index (χ3n) is 7.09. The van der Waals surface area contributed by atoms with Gasteiger partial charge in [0.15, 0.2) is 9.84 Å². The number of ether oxygens (including phenoxy) is 1. The van der Waals surface area contributed by atoms with E-state index in [1.165, 1.54) is 17.2 Å². The average molecular weight is 567 g/mol. The minimum Gasteiger partial charge on any atom is -0.383 e. The smallest absolute Gasteiger partial charge is 0.383 e. The standard InChI is InChI=1S/C27H33F3N4O4S/c1-3-39(36,37)23-9-8-21(31-17-23)16-32-26(35)19-7-10-24-20(14-19)15-22(34(24)12-13-38-2)18-33-11-5-4-6-25(33)27(28,29)30/h7-10,14-15,17,25H,3-6,11-13,16,18H2,1-2H3,(H,32,35). The Kier molecular flexibility index (Phi) is 8.97. The number of pyridine rings is 1. The second-order valence-corrected chi connectivity index (χ2v) is 11.9. The number of rotatable bonds is 10. The summed E-state index contributed by atoms with van der Waals surface area (Å²) >= 11 is 0. The summed E-state index contributed by atoms with van der Waals surface area (Å²) in [5.74, 6) is -0.369. The Hall–Kier alpha value is -2.96. The van der Waals surface area contributed by atoms with E-state index in [0.29, 0.717) is 37.4 Å². The average Bonchev–Trinajstić information content (AvgIpc) is 3.26. The molecule has 1 amide bonds. The van der Waals surface area contributed by atoms with Crippen molar-refractivity contribution in [2.75, 3.05) is 26.0 Å². The lowest BCUT2D eigenvalue weighted by molar-refractivity contribution is -0.192. The van der Waals surface area contributed by atoms with Crippen LogP contribution in [0.25, 0.3) is 10.9 Å². The fourth-order valence-corrected chi connectivity index (χ4v) is 5.77. The molecule has 1 aliphatic rings. The van der Waals surface area contributed by atoms with Crippen molar-refractivity contribution in [1.82, 2.24) is 19.8 Å². The number of amides is 1. The van der Waals surface area contributed by atoms with Crippen molar-refractivity contribution in [2.24, 2.45) is 0 Å². The van der Waals surface area contributed by atoms with Crippen LogP contribution in [-0.4, -0.2) is 67.0 Å². The van der Waals surface area contributed by atoms with Gasteiger partial charge in [-0.2, -0.15) is 13.2 Å². The first-order valence-corrected chi connectivity index (χ1v) is 14.6. The molecular weight excluding hydrogens is 533 g/mol. The Bertz CT molecular complexity index is 1400. The van der Waals surface area contributed by atoms with Crippen molar-refractivity contribution in [3.63, 3.8) is 0 Å². The quantitative estimate of drug-likeness (QED) is 0.393. The fourth-order valence-electron chi connectivity index (χ4n) is 4.94. The number of methoxy groups -OCH3 is 1. The zero-order chi connectivity index (χ0) is 28.2. The number of halogens is 3. The van der Waals surface area contributed by atoms with Crippen LogP contribution in [0.4, 0.5) is 13.2 Å².